The molecule has 0 aromatic heterocycles. The molecule has 0 aliphatic rings. The van der Waals surface area contributed by atoms with E-state index >= 15 is 0 Å². The van der Waals surface area contributed by atoms with Gasteiger partial charge in [0.25, 0.3) is 0 Å². The van der Waals surface area contributed by atoms with E-state index in [9.17, 15) is 0 Å². The lowest BCUT2D eigenvalue weighted by Gasteiger charge is -2.22. The van der Waals surface area contributed by atoms with Crippen LogP contribution in [0.25, 0.3) is 0 Å². The van der Waals surface area contributed by atoms with Crippen LogP contribution in [0, 0.1) is 0 Å². The van der Waals surface area contributed by atoms with Crippen LogP contribution in [0.5, 0.6) is 5.75 Å². The molecule has 1 aromatic rings. The van der Waals surface area contributed by atoms with Crippen LogP contribution in [0.15, 0.2) is 24.3 Å². The van der Waals surface area contributed by atoms with E-state index in [1.165, 1.54) is 0 Å². The first kappa shape index (κ1) is 12.0. The Morgan fingerprint density at radius 1 is 1.40 bits per heavy atom. The zero-order valence-electron chi connectivity index (χ0n) is 9.53. The zero-order chi connectivity index (χ0) is 11.3. The van der Waals surface area contributed by atoms with Crippen molar-refractivity contribution in [1.29, 1.82) is 0 Å². The summed E-state index contributed by atoms with van der Waals surface area (Å²) in [6.45, 7) is 0.830. The smallest absolute Gasteiger partial charge is 0.123 e. The van der Waals surface area contributed by atoms with Crippen LogP contribution < -0.4 is 16.0 Å². The van der Waals surface area contributed by atoms with Crippen molar-refractivity contribution >= 4 is 0 Å². The minimum absolute atomic E-state index is 0.0798. The van der Waals surface area contributed by atoms with Crippen molar-refractivity contribution in [1.82, 2.24) is 10.3 Å². The molecule has 0 spiro atoms. The number of hydrazine groups is 1. The van der Waals surface area contributed by atoms with E-state index in [-0.39, 0.29) is 6.04 Å². The maximum Gasteiger partial charge on any atom is 0.123 e. The van der Waals surface area contributed by atoms with Gasteiger partial charge in [0.2, 0.25) is 0 Å². The number of rotatable bonds is 5. The quantitative estimate of drug-likeness (QED) is 0.555. The second kappa shape index (κ2) is 5.70. The van der Waals surface area contributed by atoms with E-state index in [2.05, 4.69) is 10.3 Å². The summed E-state index contributed by atoms with van der Waals surface area (Å²) in [6, 6.07) is 7.97. The van der Waals surface area contributed by atoms with Crippen LogP contribution in [0.1, 0.15) is 11.6 Å². The first-order chi connectivity index (χ1) is 7.19. The van der Waals surface area contributed by atoms with Crippen molar-refractivity contribution in [3.05, 3.63) is 29.8 Å². The number of likely N-dealkylation sites (N-methyl/N-ethyl adjacent to an activating group) is 1. The fourth-order valence-electron chi connectivity index (χ4n) is 1.56. The molecule has 0 aliphatic heterocycles. The Labute approximate surface area is 91.0 Å². The molecule has 4 heteroatoms. The molecule has 0 saturated heterocycles. The number of nitrogens with two attached hydrogens (primary N) is 1. The molecule has 0 amide bonds. The third kappa shape index (κ3) is 3.20. The Bertz CT molecular complexity index is 302. The third-order valence-corrected chi connectivity index (χ3v) is 2.26. The van der Waals surface area contributed by atoms with Crippen molar-refractivity contribution in [3.8, 4) is 5.75 Å². The van der Waals surface area contributed by atoms with E-state index in [0.29, 0.717) is 0 Å². The minimum Gasteiger partial charge on any atom is -0.496 e. The van der Waals surface area contributed by atoms with Crippen LogP contribution in [-0.4, -0.2) is 32.6 Å². The van der Waals surface area contributed by atoms with Crippen molar-refractivity contribution in [2.24, 2.45) is 5.84 Å². The highest BCUT2D eigenvalue weighted by Gasteiger charge is 2.14. The number of para-hydroxylation sites is 1. The lowest BCUT2D eigenvalue weighted by Crippen LogP contribution is -2.35. The first-order valence-electron chi connectivity index (χ1n) is 4.92. The van der Waals surface area contributed by atoms with Gasteiger partial charge in [-0.2, -0.15) is 0 Å². The summed E-state index contributed by atoms with van der Waals surface area (Å²) in [5, 5.41) is 0. The number of hydrogen-bond donors (Lipinski definition) is 2. The van der Waals surface area contributed by atoms with Crippen LogP contribution in [0.3, 0.4) is 0 Å². The monoisotopic (exact) mass is 209 g/mol. The first-order valence-corrected chi connectivity index (χ1v) is 4.92. The highest BCUT2D eigenvalue weighted by molar-refractivity contribution is 5.35. The molecule has 0 saturated carbocycles. The SMILES string of the molecule is COc1ccccc1C(CN(C)C)NN. The highest BCUT2D eigenvalue weighted by Crippen LogP contribution is 2.24. The maximum absolute atomic E-state index is 5.54. The summed E-state index contributed by atoms with van der Waals surface area (Å²) < 4.78 is 5.30. The van der Waals surface area contributed by atoms with E-state index in [1.807, 2.05) is 38.4 Å². The number of hydrogen-bond acceptors (Lipinski definition) is 4. The van der Waals surface area contributed by atoms with Gasteiger partial charge >= 0.3 is 0 Å². The molecule has 0 aliphatic carbocycles. The fraction of sp³-hybridized carbons (Fsp3) is 0.455. The van der Waals surface area contributed by atoms with Gasteiger partial charge < -0.3 is 9.64 Å². The van der Waals surface area contributed by atoms with Crippen molar-refractivity contribution in [3.63, 3.8) is 0 Å². The molecule has 0 heterocycles. The van der Waals surface area contributed by atoms with Gasteiger partial charge in [-0.1, -0.05) is 18.2 Å². The topological polar surface area (TPSA) is 50.5 Å². The molecular weight excluding hydrogens is 190 g/mol. The number of benzene rings is 1. The Kier molecular flexibility index (Phi) is 4.55. The van der Waals surface area contributed by atoms with Crippen LogP contribution in [0.2, 0.25) is 0 Å². The molecule has 3 N–H and O–H groups in total. The van der Waals surface area contributed by atoms with E-state index in [1.54, 1.807) is 7.11 Å². The van der Waals surface area contributed by atoms with E-state index in [0.717, 1.165) is 17.9 Å². The Morgan fingerprint density at radius 2 is 2.07 bits per heavy atom. The molecule has 4 nitrogen and oxygen atoms in total. The Balaban J connectivity index is 2.90. The van der Waals surface area contributed by atoms with Gasteiger partial charge in [-0.3, -0.25) is 11.3 Å². The second-order valence-electron chi connectivity index (χ2n) is 3.72. The number of nitrogens with one attached hydrogen (secondary N) is 1. The number of ether oxygens (including phenoxy) is 1. The average Bonchev–Trinajstić information content (AvgIpc) is 2.25. The summed E-state index contributed by atoms with van der Waals surface area (Å²) in [5.41, 5.74) is 3.88. The van der Waals surface area contributed by atoms with Crippen molar-refractivity contribution < 1.29 is 4.74 Å². The van der Waals surface area contributed by atoms with Crippen LogP contribution in [0.4, 0.5) is 0 Å². The summed E-state index contributed by atoms with van der Waals surface area (Å²) >= 11 is 0. The average molecular weight is 209 g/mol. The third-order valence-electron chi connectivity index (χ3n) is 2.26. The fourth-order valence-corrected chi connectivity index (χ4v) is 1.56. The molecule has 0 fully saturated rings. The van der Waals surface area contributed by atoms with Gasteiger partial charge in [0.15, 0.2) is 0 Å². The van der Waals surface area contributed by atoms with Gasteiger partial charge in [0.1, 0.15) is 5.75 Å². The zero-order valence-corrected chi connectivity index (χ0v) is 9.53. The molecule has 1 atom stereocenters. The molecule has 0 bridgehead atoms. The summed E-state index contributed by atoms with van der Waals surface area (Å²) in [4.78, 5) is 2.08. The Hall–Kier alpha value is -1.10. The molecular formula is C11H19N3O. The second-order valence-corrected chi connectivity index (χ2v) is 3.72. The van der Waals surface area contributed by atoms with Gasteiger partial charge in [0.05, 0.1) is 13.2 Å². The summed E-state index contributed by atoms with van der Waals surface area (Å²) in [6.07, 6.45) is 0. The molecule has 1 rings (SSSR count). The van der Waals surface area contributed by atoms with Crippen LogP contribution in [-0.2, 0) is 0 Å². The summed E-state index contributed by atoms with van der Waals surface area (Å²) in [7, 11) is 5.70. The predicted molar refractivity (Wildman–Crippen MR) is 61.6 cm³/mol. The van der Waals surface area contributed by atoms with Gasteiger partial charge in [0, 0.05) is 12.1 Å². The minimum atomic E-state index is 0.0798. The van der Waals surface area contributed by atoms with Crippen LogP contribution >= 0.6 is 0 Å². The molecule has 0 radical (unpaired) electrons. The molecule has 15 heavy (non-hydrogen) atoms. The van der Waals surface area contributed by atoms with Gasteiger partial charge in [-0.15, -0.1) is 0 Å². The van der Waals surface area contributed by atoms with Gasteiger partial charge in [-0.05, 0) is 20.2 Å². The Morgan fingerprint density at radius 3 is 2.60 bits per heavy atom. The van der Waals surface area contributed by atoms with Crippen molar-refractivity contribution in [2.75, 3.05) is 27.7 Å². The summed E-state index contributed by atoms with van der Waals surface area (Å²) in [5.74, 6) is 6.41. The van der Waals surface area contributed by atoms with Gasteiger partial charge in [-0.25, -0.2) is 0 Å². The van der Waals surface area contributed by atoms with E-state index < -0.39 is 0 Å². The lowest BCUT2D eigenvalue weighted by molar-refractivity contribution is 0.333. The number of nitrogens with zero attached hydrogens (tertiary/aromatic N) is 1. The highest BCUT2D eigenvalue weighted by atomic mass is 16.5. The van der Waals surface area contributed by atoms with Crippen molar-refractivity contribution in [2.45, 2.75) is 6.04 Å². The molecule has 84 valence electrons. The lowest BCUT2D eigenvalue weighted by atomic mass is 10.1. The normalized spacial score (nSPS) is 12.9. The standard InChI is InChI=1S/C11H19N3O/c1-14(2)8-10(13-12)9-6-4-5-7-11(9)15-3/h4-7,10,13H,8,12H2,1-3H3. The largest absolute Gasteiger partial charge is 0.496 e. The maximum atomic E-state index is 5.54. The molecule has 1 unspecified atom stereocenters. The predicted octanol–water partition coefficient (Wildman–Crippen LogP) is 0.761. The van der Waals surface area contributed by atoms with E-state index in [4.69, 9.17) is 10.6 Å². The molecule has 1 aromatic carbocycles. The number of methoxy groups -OCH3 is 1.